The van der Waals surface area contributed by atoms with Gasteiger partial charge in [-0.1, -0.05) is 0 Å². The second kappa shape index (κ2) is 6.21. The molecule has 0 saturated carbocycles. The molecule has 0 radical (unpaired) electrons. The zero-order valence-electron chi connectivity index (χ0n) is 13.9. The average Bonchev–Trinajstić information content (AvgIpc) is 2.67. The van der Waals surface area contributed by atoms with E-state index in [-0.39, 0.29) is 9.75 Å². The minimum Gasteiger partial charge on any atom is -0.456 e. The molecule has 0 fully saturated rings. The highest BCUT2D eigenvalue weighted by Crippen LogP contribution is 2.29. The Hall–Kier alpha value is -1.45. The Morgan fingerprint density at radius 2 is 1.43 bits per heavy atom. The molecule has 7 nitrogen and oxygen atoms in total. The molecule has 1 aromatic rings. The maximum absolute atomic E-state index is 12.2. The summed E-state index contributed by atoms with van der Waals surface area (Å²) in [4.78, 5) is 23.5. The third-order valence-electron chi connectivity index (χ3n) is 2.19. The number of hydrogen-bond acceptors (Lipinski definition) is 7. The zero-order chi connectivity index (χ0) is 18.2. The van der Waals surface area contributed by atoms with Crippen LogP contribution in [0.25, 0.3) is 0 Å². The molecule has 0 bridgehead atoms. The zero-order valence-corrected chi connectivity index (χ0v) is 15.6. The van der Waals surface area contributed by atoms with E-state index >= 15 is 0 Å². The Labute approximate surface area is 139 Å². The van der Waals surface area contributed by atoms with E-state index in [0.717, 1.165) is 6.07 Å². The van der Waals surface area contributed by atoms with E-state index in [1.807, 2.05) is 0 Å². The number of ether oxygens (including phenoxy) is 2. The van der Waals surface area contributed by atoms with Crippen LogP contribution in [0.5, 0.6) is 0 Å². The molecule has 0 aliphatic rings. The summed E-state index contributed by atoms with van der Waals surface area (Å²) in [5, 5.41) is 5.12. The van der Waals surface area contributed by atoms with Crippen molar-refractivity contribution < 1.29 is 27.5 Å². The van der Waals surface area contributed by atoms with Gasteiger partial charge in [-0.05, 0) is 47.6 Å². The van der Waals surface area contributed by atoms with Crippen LogP contribution < -0.4 is 5.14 Å². The highest BCUT2D eigenvalue weighted by molar-refractivity contribution is 7.89. The summed E-state index contributed by atoms with van der Waals surface area (Å²) in [5.74, 6) is -1.59. The van der Waals surface area contributed by atoms with Gasteiger partial charge in [0.2, 0.25) is 10.0 Å². The molecule has 9 heteroatoms. The standard InChI is InChI=1S/C14H21NO6S2/c1-13(2,3)20-11(16)8-7-9(23(15,18)19)10(22-8)12(17)21-14(4,5)6/h7H,1-6H3,(H2,15,18,19). The molecule has 1 rings (SSSR count). The van der Waals surface area contributed by atoms with Crippen molar-refractivity contribution in [3.8, 4) is 0 Å². The Morgan fingerprint density at radius 3 is 1.83 bits per heavy atom. The molecule has 2 N–H and O–H groups in total. The van der Waals surface area contributed by atoms with Gasteiger partial charge < -0.3 is 9.47 Å². The van der Waals surface area contributed by atoms with Crippen LogP contribution in [0.3, 0.4) is 0 Å². The van der Waals surface area contributed by atoms with Crippen LogP contribution >= 0.6 is 11.3 Å². The van der Waals surface area contributed by atoms with Gasteiger partial charge in [-0.15, -0.1) is 11.3 Å². The molecule has 0 saturated heterocycles. The molecule has 23 heavy (non-hydrogen) atoms. The number of nitrogens with two attached hydrogens (primary N) is 1. The van der Waals surface area contributed by atoms with Crippen molar-refractivity contribution in [1.29, 1.82) is 0 Å². The summed E-state index contributed by atoms with van der Waals surface area (Å²) >= 11 is 0.676. The van der Waals surface area contributed by atoms with E-state index in [1.165, 1.54) is 0 Å². The van der Waals surface area contributed by atoms with Crippen LogP contribution in [0.2, 0.25) is 0 Å². The van der Waals surface area contributed by atoms with E-state index < -0.39 is 38.1 Å². The summed E-state index contributed by atoms with van der Waals surface area (Å²) < 4.78 is 33.7. The van der Waals surface area contributed by atoms with Crippen LogP contribution in [0, 0.1) is 0 Å². The van der Waals surface area contributed by atoms with E-state index in [2.05, 4.69) is 0 Å². The van der Waals surface area contributed by atoms with Crippen LogP contribution in [-0.2, 0) is 19.5 Å². The highest BCUT2D eigenvalue weighted by atomic mass is 32.2. The molecular weight excluding hydrogens is 342 g/mol. The predicted octanol–water partition coefficient (Wildman–Crippen LogP) is 2.31. The van der Waals surface area contributed by atoms with E-state index in [1.54, 1.807) is 41.5 Å². The number of carbonyl (C=O) groups is 2. The average molecular weight is 363 g/mol. The van der Waals surface area contributed by atoms with Crippen molar-refractivity contribution in [2.45, 2.75) is 57.6 Å². The number of carbonyl (C=O) groups excluding carboxylic acids is 2. The minimum absolute atomic E-state index is 0.0372. The minimum atomic E-state index is -4.19. The molecule has 0 atom stereocenters. The first kappa shape index (κ1) is 19.6. The highest BCUT2D eigenvalue weighted by Gasteiger charge is 2.30. The van der Waals surface area contributed by atoms with Crippen molar-refractivity contribution in [3.05, 3.63) is 15.8 Å². The smallest absolute Gasteiger partial charge is 0.350 e. The molecule has 0 spiro atoms. The number of hydrogen-bond donors (Lipinski definition) is 1. The van der Waals surface area contributed by atoms with Gasteiger partial charge in [0.05, 0.1) is 0 Å². The summed E-state index contributed by atoms with van der Waals surface area (Å²) in [6, 6.07) is 1.04. The third-order valence-corrected chi connectivity index (χ3v) is 4.35. The molecule has 130 valence electrons. The lowest BCUT2D eigenvalue weighted by Crippen LogP contribution is -2.25. The molecule has 0 unspecified atom stereocenters. The van der Waals surface area contributed by atoms with Gasteiger partial charge >= 0.3 is 11.9 Å². The first-order chi connectivity index (χ1) is 10.1. The number of esters is 2. The van der Waals surface area contributed by atoms with Crippen LogP contribution in [0.4, 0.5) is 0 Å². The van der Waals surface area contributed by atoms with Crippen LogP contribution in [-0.4, -0.2) is 31.6 Å². The molecular formula is C14H21NO6S2. The molecule has 1 heterocycles. The van der Waals surface area contributed by atoms with Gasteiger partial charge in [0.15, 0.2) is 0 Å². The lowest BCUT2D eigenvalue weighted by Gasteiger charge is -2.19. The molecule has 0 aliphatic heterocycles. The summed E-state index contributed by atoms with van der Waals surface area (Å²) in [5.41, 5.74) is -1.57. The first-order valence-electron chi connectivity index (χ1n) is 6.73. The number of sulfonamides is 1. The van der Waals surface area contributed by atoms with Crippen molar-refractivity contribution in [1.82, 2.24) is 0 Å². The topological polar surface area (TPSA) is 113 Å². The van der Waals surface area contributed by atoms with Crippen molar-refractivity contribution in [3.63, 3.8) is 0 Å². The summed E-state index contributed by atoms with van der Waals surface area (Å²) in [6.07, 6.45) is 0. The van der Waals surface area contributed by atoms with Crippen LogP contribution in [0.1, 0.15) is 60.9 Å². The number of rotatable bonds is 3. The normalized spacial score (nSPS) is 12.8. The predicted molar refractivity (Wildman–Crippen MR) is 86.0 cm³/mol. The summed E-state index contributed by atoms with van der Waals surface area (Å²) in [6.45, 7) is 9.95. The van der Waals surface area contributed by atoms with Crippen molar-refractivity contribution in [2.24, 2.45) is 5.14 Å². The van der Waals surface area contributed by atoms with Crippen molar-refractivity contribution >= 4 is 33.3 Å². The molecule has 0 aromatic carbocycles. The maximum atomic E-state index is 12.2. The Bertz CT molecular complexity index is 719. The number of thiophene rings is 1. The molecule has 1 aromatic heterocycles. The lowest BCUT2D eigenvalue weighted by atomic mass is 10.2. The number of primary sulfonamides is 1. The largest absolute Gasteiger partial charge is 0.456 e. The fourth-order valence-corrected chi connectivity index (χ4v) is 3.46. The van der Waals surface area contributed by atoms with Crippen molar-refractivity contribution in [2.75, 3.05) is 0 Å². The SMILES string of the molecule is CC(C)(C)OC(=O)c1cc(S(N)(=O)=O)c(C(=O)OC(C)(C)C)s1. The fourth-order valence-electron chi connectivity index (χ4n) is 1.48. The van der Waals surface area contributed by atoms with Gasteiger partial charge in [-0.3, -0.25) is 0 Å². The quantitative estimate of drug-likeness (QED) is 0.825. The molecule has 0 aliphatic carbocycles. The van der Waals surface area contributed by atoms with E-state index in [0.29, 0.717) is 11.3 Å². The summed E-state index contributed by atoms with van der Waals surface area (Å²) in [7, 11) is -4.19. The first-order valence-corrected chi connectivity index (χ1v) is 9.10. The second-order valence-corrected chi connectivity index (χ2v) is 9.43. The van der Waals surface area contributed by atoms with Gasteiger partial charge in [0, 0.05) is 0 Å². The Kier molecular flexibility index (Phi) is 5.30. The maximum Gasteiger partial charge on any atom is 0.350 e. The van der Waals surface area contributed by atoms with E-state index in [4.69, 9.17) is 14.6 Å². The van der Waals surface area contributed by atoms with E-state index in [9.17, 15) is 18.0 Å². The Morgan fingerprint density at radius 1 is 1.00 bits per heavy atom. The van der Waals surface area contributed by atoms with Crippen LogP contribution in [0.15, 0.2) is 11.0 Å². The third kappa shape index (κ3) is 5.92. The monoisotopic (exact) mass is 363 g/mol. The van der Waals surface area contributed by atoms with Gasteiger partial charge in [0.25, 0.3) is 0 Å². The fraction of sp³-hybridized carbons (Fsp3) is 0.571. The van der Waals surface area contributed by atoms with Gasteiger partial charge in [-0.25, -0.2) is 23.1 Å². The second-order valence-electron chi connectivity index (χ2n) is 6.85. The van der Waals surface area contributed by atoms with Gasteiger partial charge in [0.1, 0.15) is 25.9 Å². The molecule has 0 amide bonds. The Balaban J connectivity index is 3.30. The van der Waals surface area contributed by atoms with Gasteiger partial charge in [-0.2, -0.15) is 0 Å². The lowest BCUT2D eigenvalue weighted by molar-refractivity contribution is 0.00618.